The van der Waals surface area contributed by atoms with Crippen LogP contribution >= 0.6 is 0 Å². The van der Waals surface area contributed by atoms with E-state index in [2.05, 4.69) is 10.1 Å². The Balaban J connectivity index is 2.54. The van der Waals surface area contributed by atoms with Crippen molar-refractivity contribution in [3.05, 3.63) is 23.0 Å². The van der Waals surface area contributed by atoms with Gasteiger partial charge >= 0.3 is 0 Å². The molecule has 64 valence electrons. The van der Waals surface area contributed by atoms with Crippen LogP contribution in [0.4, 0.5) is 0 Å². The number of aromatic hydroxyl groups is 1. The number of aliphatic hydroxyl groups excluding tert-OH is 1. The number of hydrogen-bond donors (Lipinski definition) is 2. The molecule has 0 fully saturated rings. The molecule has 0 aromatic carbocycles. The van der Waals surface area contributed by atoms with Gasteiger partial charge in [-0.2, -0.15) is 0 Å². The Hall–Kier alpha value is -1.13. The molecule has 0 bridgehead atoms. The zero-order chi connectivity index (χ0) is 9.42. The number of aryl methyl sites for hydroxylation is 1. The van der Waals surface area contributed by atoms with E-state index in [-0.39, 0.29) is 5.75 Å². The van der Waals surface area contributed by atoms with Gasteiger partial charge in [-0.1, -0.05) is 0 Å². The molecular weight excluding hydrogens is 158 g/mol. The van der Waals surface area contributed by atoms with Gasteiger partial charge in [0.25, 0.3) is 0 Å². The molecule has 2 heterocycles. The number of pyridine rings is 1. The number of aliphatic hydroxyl groups is 1. The lowest BCUT2D eigenvalue weighted by Crippen LogP contribution is -1.95. The zero-order valence-corrected chi connectivity index (χ0v) is 6.57. The first kappa shape index (κ1) is 6.39. The summed E-state index contributed by atoms with van der Waals surface area (Å²) in [4.78, 5) is 3.97. The number of rotatable bonds is 1. The summed E-state index contributed by atoms with van der Waals surface area (Å²) in [6.07, 6.45) is 0.848. The molecule has 1 atom stereocenters. The number of fused-ring (bicyclic) bond motifs is 1. The molecule has 1 aromatic heterocycles. The first-order chi connectivity index (χ1) is 6.24. The lowest BCUT2D eigenvalue weighted by atomic mass is 10.1. The Kier molecular flexibility index (Phi) is 1.30. The van der Waals surface area contributed by atoms with Crippen LogP contribution < -0.4 is 0 Å². The highest BCUT2D eigenvalue weighted by Crippen LogP contribution is 2.35. The van der Waals surface area contributed by atoms with Gasteiger partial charge in [0.1, 0.15) is 5.75 Å². The first-order valence-electron chi connectivity index (χ1n) is 4.05. The van der Waals surface area contributed by atoms with Crippen LogP contribution in [-0.4, -0.2) is 16.6 Å². The van der Waals surface area contributed by atoms with E-state index in [9.17, 15) is 5.11 Å². The second-order valence-electron chi connectivity index (χ2n) is 2.77. The van der Waals surface area contributed by atoms with Crippen molar-refractivity contribution in [1.29, 1.82) is 1.43 Å². The van der Waals surface area contributed by atoms with E-state index < -0.39 is 6.29 Å². The summed E-state index contributed by atoms with van der Waals surface area (Å²) in [7, 11) is 0. The van der Waals surface area contributed by atoms with Crippen molar-refractivity contribution in [3.63, 3.8) is 0 Å². The van der Waals surface area contributed by atoms with Crippen molar-refractivity contribution in [2.45, 2.75) is 19.8 Å². The van der Waals surface area contributed by atoms with Crippen molar-refractivity contribution in [2.24, 2.45) is 0 Å². The van der Waals surface area contributed by atoms with Crippen molar-refractivity contribution in [2.75, 3.05) is 0 Å². The number of ether oxygens (including phenoxy) is 1. The topological polar surface area (TPSA) is 62.6 Å². The summed E-state index contributed by atoms with van der Waals surface area (Å²) in [6.45, 7) is 2.02. The van der Waals surface area contributed by atoms with Gasteiger partial charge in [-0.15, -0.1) is 0 Å². The van der Waals surface area contributed by atoms with Crippen molar-refractivity contribution < 1.29 is 15.0 Å². The van der Waals surface area contributed by atoms with Crippen LogP contribution in [0.2, 0.25) is 0 Å². The molecule has 0 aliphatic carbocycles. The van der Waals surface area contributed by atoms with E-state index in [1.54, 1.807) is 13.1 Å². The third kappa shape index (κ3) is 0.888. The molecule has 4 heteroatoms. The predicted octanol–water partition coefficient (Wildman–Crippen LogP) is 0.617. The molecule has 0 saturated heterocycles. The van der Waals surface area contributed by atoms with Gasteiger partial charge in [0, 0.05) is 11.8 Å². The van der Waals surface area contributed by atoms with Crippen LogP contribution in [0.25, 0.3) is 0 Å². The lowest BCUT2D eigenvalue weighted by Gasteiger charge is -2.06. The quantitative estimate of drug-likeness (QED) is 0.645. The van der Waals surface area contributed by atoms with E-state index in [4.69, 9.17) is 6.17 Å². The second-order valence-corrected chi connectivity index (χ2v) is 2.77. The van der Waals surface area contributed by atoms with Crippen LogP contribution in [0, 0.1) is 6.92 Å². The zero-order valence-electron chi connectivity index (χ0n) is 7.57. The van der Waals surface area contributed by atoms with Gasteiger partial charge < -0.3 is 15.0 Å². The first-order valence-corrected chi connectivity index (χ1v) is 3.65. The fourth-order valence-corrected chi connectivity index (χ4v) is 1.28. The molecule has 0 amide bonds. The van der Waals surface area contributed by atoms with Gasteiger partial charge in [0.2, 0.25) is 1.43 Å². The van der Waals surface area contributed by atoms with Crippen molar-refractivity contribution in [1.82, 2.24) is 4.98 Å². The molecule has 1 aliphatic heterocycles. The van der Waals surface area contributed by atoms with Crippen LogP contribution in [-0.2, 0) is 11.3 Å². The highest BCUT2D eigenvalue weighted by molar-refractivity contribution is 5.42. The standard InChI is InChI=1S/C8H9NO3/c1-4-7(10)6-5(2-9-4)3-12-8(6)11/h2,8,10-11H,3H2,1H3/i11D. The Morgan fingerprint density at radius 3 is 3.42 bits per heavy atom. The minimum atomic E-state index is -0.781. The SMILES string of the molecule is [2H]OC1OCc2cnc(C)c(O)c21. The molecule has 1 unspecified atom stereocenters. The molecule has 12 heavy (non-hydrogen) atoms. The number of hydrogen-bond acceptors (Lipinski definition) is 4. The maximum Gasteiger partial charge on any atom is 0.214 e. The minimum Gasteiger partial charge on any atom is -0.506 e. The monoisotopic (exact) mass is 168 g/mol. The fraction of sp³-hybridized carbons (Fsp3) is 0.375. The summed E-state index contributed by atoms with van der Waals surface area (Å²) in [5, 5.41) is 13.9. The molecule has 0 spiro atoms. The van der Waals surface area contributed by atoms with Gasteiger partial charge in [-0.3, -0.25) is 4.98 Å². The van der Waals surface area contributed by atoms with Crippen molar-refractivity contribution in [3.8, 4) is 5.75 Å². The predicted molar refractivity (Wildman–Crippen MR) is 40.4 cm³/mol. The summed E-state index contributed by atoms with van der Waals surface area (Å²) >= 11 is 0. The summed E-state index contributed by atoms with van der Waals surface area (Å²) in [5.74, 6) is 0.0623. The van der Waals surface area contributed by atoms with E-state index in [1.807, 2.05) is 0 Å². The molecule has 2 rings (SSSR count). The fourth-order valence-electron chi connectivity index (χ4n) is 1.28. The van der Waals surface area contributed by atoms with Gasteiger partial charge in [-0.05, 0) is 6.92 Å². The largest absolute Gasteiger partial charge is 0.506 e. The van der Waals surface area contributed by atoms with E-state index >= 15 is 0 Å². The molecule has 1 aromatic rings. The third-order valence-corrected chi connectivity index (χ3v) is 1.98. The molecular formula is C8H9NO3. The highest BCUT2D eigenvalue weighted by Gasteiger charge is 2.25. The van der Waals surface area contributed by atoms with Crippen molar-refractivity contribution >= 4 is 0 Å². The van der Waals surface area contributed by atoms with Crippen LogP contribution in [0.3, 0.4) is 0 Å². The molecule has 4 nitrogen and oxygen atoms in total. The van der Waals surface area contributed by atoms with Gasteiger partial charge in [0.05, 0.1) is 17.9 Å². The highest BCUT2D eigenvalue weighted by atomic mass is 16.6. The van der Waals surface area contributed by atoms with E-state index in [1.165, 1.54) is 0 Å². The summed E-state index contributed by atoms with van der Waals surface area (Å²) < 4.78 is 11.8. The molecule has 0 radical (unpaired) electrons. The van der Waals surface area contributed by atoms with Crippen LogP contribution in [0.1, 0.15) is 23.1 Å². The summed E-state index contributed by atoms with van der Waals surface area (Å²) in [5.41, 5.74) is 1.83. The maximum absolute atomic E-state index is 9.61. The van der Waals surface area contributed by atoms with E-state index in [0.717, 1.165) is 5.56 Å². The average molecular weight is 168 g/mol. The Morgan fingerprint density at radius 2 is 2.67 bits per heavy atom. The van der Waals surface area contributed by atoms with Gasteiger partial charge in [-0.25, -0.2) is 0 Å². The van der Waals surface area contributed by atoms with E-state index in [0.29, 0.717) is 17.9 Å². The average Bonchev–Trinajstić information content (AvgIpc) is 2.55. The molecule has 0 saturated carbocycles. The Bertz CT molecular complexity index is 342. The van der Waals surface area contributed by atoms with Crippen LogP contribution in [0.5, 0.6) is 5.75 Å². The number of nitrogens with zero attached hydrogens (tertiary/aromatic N) is 1. The lowest BCUT2D eigenvalue weighted by molar-refractivity contribution is -0.0926. The maximum atomic E-state index is 9.61. The smallest absolute Gasteiger partial charge is 0.214 e. The normalized spacial score (nSPS) is 22.1. The second kappa shape index (κ2) is 2.43. The minimum absolute atomic E-state index is 0.0623. The summed E-state index contributed by atoms with van der Waals surface area (Å²) in [6, 6.07) is 0. The van der Waals surface area contributed by atoms with Crippen LogP contribution in [0.15, 0.2) is 6.20 Å². The Morgan fingerprint density at radius 1 is 1.83 bits per heavy atom. The third-order valence-electron chi connectivity index (χ3n) is 1.98. The van der Waals surface area contributed by atoms with Gasteiger partial charge in [0.15, 0.2) is 6.29 Å². The molecule has 1 aliphatic rings. The Labute approximate surface area is 70.9 Å². The number of aromatic nitrogens is 1. The molecule has 2 N–H and O–H groups in total.